The van der Waals surface area contributed by atoms with Crippen molar-refractivity contribution in [1.82, 2.24) is 0 Å². The molecule has 0 aliphatic carbocycles. The van der Waals surface area contributed by atoms with E-state index in [4.69, 9.17) is 10.00 Å². The summed E-state index contributed by atoms with van der Waals surface area (Å²) >= 11 is 1.55. The lowest BCUT2D eigenvalue weighted by molar-refractivity contribution is -0.115. The monoisotopic (exact) mass is 264 g/mol. The standard InChI is InChI=1S/C13H16N2O2S/c1-10(18-8-7-17-2)13(16)15-12-5-3-11(9-14)4-6-12/h3-6,10H,7-8H2,1-2H3,(H,15,16). The summed E-state index contributed by atoms with van der Waals surface area (Å²) in [6.45, 7) is 2.50. The number of hydrogen-bond donors (Lipinski definition) is 1. The van der Waals surface area contributed by atoms with Crippen LogP contribution in [0.15, 0.2) is 24.3 Å². The molecule has 1 aromatic carbocycles. The molecule has 0 fully saturated rings. The Morgan fingerprint density at radius 1 is 1.50 bits per heavy atom. The van der Waals surface area contributed by atoms with E-state index in [0.717, 1.165) is 5.75 Å². The topological polar surface area (TPSA) is 62.1 Å². The molecule has 1 aromatic rings. The number of nitrogens with one attached hydrogen (secondary N) is 1. The number of methoxy groups -OCH3 is 1. The molecule has 1 unspecified atom stereocenters. The van der Waals surface area contributed by atoms with Gasteiger partial charge in [0, 0.05) is 18.6 Å². The minimum Gasteiger partial charge on any atom is -0.384 e. The number of nitriles is 1. The van der Waals surface area contributed by atoms with Gasteiger partial charge in [-0.25, -0.2) is 0 Å². The number of hydrogen-bond acceptors (Lipinski definition) is 4. The first-order valence-corrected chi connectivity index (χ1v) is 6.64. The van der Waals surface area contributed by atoms with Crippen molar-refractivity contribution in [1.29, 1.82) is 5.26 Å². The quantitative estimate of drug-likeness (QED) is 0.801. The molecule has 0 aromatic heterocycles. The Kier molecular flexibility index (Phi) is 6.26. The van der Waals surface area contributed by atoms with Crippen LogP contribution in [0.1, 0.15) is 12.5 Å². The summed E-state index contributed by atoms with van der Waals surface area (Å²) in [6.07, 6.45) is 0. The van der Waals surface area contributed by atoms with Crippen molar-refractivity contribution in [3.05, 3.63) is 29.8 Å². The number of carbonyl (C=O) groups is 1. The lowest BCUT2D eigenvalue weighted by Gasteiger charge is -2.11. The molecule has 0 saturated carbocycles. The molecule has 0 aliphatic heterocycles. The zero-order valence-electron chi connectivity index (χ0n) is 10.5. The van der Waals surface area contributed by atoms with E-state index in [1.807, 2.05) is 13.0 Å². The van der Waals surface area contributed by atoms with Crippen LogP contribution in [0.3, 0.4) is 0 Å². The van der Waals surface area contributed by atoms with Crippen molar-refractivity contribution in [3.8, 4) is 6.07 Å². The molecule has 1 N–H and O–H groups in total. The first kappa shape index (κ1) is 14.6. The highest BCUT2D eigenvalue weighted by Gasteiger charge is 2.12. The number of amides is 1. The number of carbonyl (C=O) groups excluding carboxylic acids is 1. The third-order valence-corrected chi connectivity index (χ3v) is 3.42. The van der Waals surface area contributed by atoms with Crippen LogP contribution in [-0.2, 0) is 9.53 Å². The molecule has 18 heavy (non-hydrogen) atoms. The highest BCUT2D eigenvalue weighted by atomic mass is 32.2. The van der Waals surface area contributed by atoms with Crippen molar-refractivity contribution < 1.29 is 9.53 Å². The SMILES string of the molecule is COCCSC(C)C(=O)Nc1ccc(C#N)cc1. The van der Waals surface area contributed by atoms with Crippen molar-refractivity contribution in [2.75, 3.05) is 24.8 Å². The van der Waals surface area contributed by atoms with Gasteiger partial charge in [-0.05, 0) is 31.2 Å². The average molecular weight is 264 g/mol. The third kappa shape index (κ3) is 4.78. The van der Waals surface area contributed by atoms with Gasteiger partial charge in [0.25, 0.3) is 0 Å². The Morgan fingerprint density at radius 3 is 2.72 bits per heavy atom. The smallest absolute Gasteiger partial charge is 0.237 e. The summed E-state index contributed by atoms with van der Waals surface area (Å²) in [6, 6.07) is 8.84. The number of anilines is 1. The molecule has 1 amide bonds. The van der Waals surface area contributed by atoms with E-state index in [9.17, 15) is 4.79 Å². The van der Waals surface area contributed by atoms with E-state index >= 15 is 0 Å². The second-order valence-corrected chi connectivity index (χ2v) is 5.13. The van der Waals surface area contributed by atoms with Gasteiger partial charge in [0.2, 0.25) is 5.91 Å². The minimum absolute atomic E-state index is 0.0409. The van der Waals surface area contributed by atoms with E-state index in [0.29, 0.717) is 17.9 Å². The van der Waals surface area contributed by atoms with E-state index in [2.05, 4.69) is 5.32 Å². The Labute approximate surface area is 111 Å². The summed E-state index contributed by atoms with van der Waals surface area (Å²) in [4.78, 5) is 11.8. The summed E-state index contributed by atoms with van der Waals surface area (Å²) in [5.41, 5.74) is 1.29. The molecule has 0 aliphatic rings. The first-order valence-electron chi connectivity index (χ1n) is 5.59. The zero-order valence-corrected chi connectivity index (χ0v) is 11.3. The van der Waals surface area contributed by atoms with Crippen LogP contribution in [0.4, 0.5) is 5.69 Å². The molecule has 0 heterocycles. The van der Waals surface area contributed by atoms with Gasteiger partial charge in [0.05, 0.1) is 23.5 Å². The van der Waals surface area contributed by atoms with E-state index in [1.54, 1.807) is 43.1 Å². The molecule has 1 atom stereocenters. The fourth-order valence-electron chi connectivity index (χ4n) is 1.26. The largest absolute Gasteiger partial charge is 0.384 e. The number of rotatable bonds is 6. The summed E-state index contributed by atoms with van der Waals surface area (Å²) in [7, 11) is 1.64. The summed E-state index contributed by atoms with van der Waals surface area (Å²) in [5, 5.41) is 11.3. The highest BCUT2D eigenvalue weighted by molar-refractivity contribution is 8.00. The van der Waals surface area contributed by atoms with Crippen LogP contribution >= 0.6 is 11.8 Å². The Hall–Kier alpha value is -1.51. The average Bonchev–Trinajstić information content (AvgIpc) is 2.39. The Bertz CT molecular complexity index is 426. The number of ether oxygens (including phenoxy) is 1. The normalized spacial score (nSPS) is 11.6. The molecule has 5 heteroatoms. The Morgan fingerprint density at radius 2 is 2.17 bits per heavy atom. The van der Waals surface area contributed by atoms with E-state index in [1.165, 1.54) is 0 Å². The van der Waals surface area contributed by atoms with E-state index < -0.39 is 0 Å². The van der Waals surface area contributed by atoms with Gasteiger partial charge in [-0.3, -0.25) is 4.79 Å². The second kappa shape index (κ2) is 7.75. The maximum Gasteiger partial charge on any atom is 0.237 e. The highest BCUT2D eigenvalue weighted by Crippen LogP contribution is 2.14. The molecule has 0 bridgehead atoms. The molecule has 0 radical (unpaired) electrons. The lowest BCUT2D eigenvalue weighted by Crippen LogP contribution is -2.23. The van der Waals surface area contributed by atoms with Crippen molar-refractivity contribution in [2.24, 2.45) is 0 Å². The maximum atomic E-state index is 11.8. The number of thioether (sulfide) groups is 1. The predicted octanol–water partition coefficient (Wildman–Crippen LogP) is 2.26. The van der Waals surface area contributed by atoms with Crippen molar-refractivity contribution in [2.45, 2.75) is 12.2 Å². The molecule has 4 nitrogen and oxygen atoms in total. The van der Waals surface area contributed by atoms with Crippen LogP contribution in [0.2, 0.25) is 0 Å². The molecule has 96 valence electrons. The summed E-state index contributed by atoms with van der Waals surface area (Å²) < 4.78 is 4.93. The first-order chi connectivity index (χ1) is 8.67. The number of benzene rings is 1. The van der Waals surface area contributed by atoms with Crippen LogP contribution in [0.25, 0.3) is 0 Å². The molecule has 1 rings (SSSR count). The van der Waals surface area contributed by atoms with Gasteiger partial charge in [-0.1, -0.05) is 0 Å². The van der Waals surface area contributed by atoms with Gasteiger partial charge >= 0.3 is 0 Å². The number of nitrogens with zero attached hydrogens (tertiary/aromatic N) is 1. The van der Waals surface area contributed by atoms with Crippen LogP contribution in [-0.4, -0.2) is 30.6 Å². The van der Waals surface area contributed by atoms with Crippen LogP contribution in [0, 0.1) is 11.3 Å². The molecular weight excluding hydrogens is 248 g/mol. The lowest BCUT2D eigenvalue weighted by atomic mass is 10.2. The molecular formula is C13H16N2O2S. The van der Waals surface area contributed by atoms with Crippen LogP contribution < -0.4 is 5.32 Å². The zero-order chi connectivity index (χ0) is 13.4. The van der Waals surface area contributed by atoms with Gasteiger partial charge in [-0.15, -0.1) is 11.8 Å². The fourth-order valence-corrected chi connectivity index (χ4v) is 2.08. The molecule has 0 saturated heterocycles. The van der Waals surface area contributed by atoms with E-state index in [-0.39, 0.29) is 11.2 Å². The maximum absolute atomic E-state index is 11.8. The Balaban J connectivity index is 2.45. The van der Waals surface area contributed by atoms with Crippen molar-refractivity contribution >= 4 is 23.4 Å². The van der Waals surface area contributed by atoms with Gasteiger partial charge < -0.3 is 10.1 Å². The molecule has 0 spiro atoms. The van der Waals surface area contributed by atoms with Gasteiger partial charge in [0.1, 0.15) is 0 Å². The fraction of sp³-hybridized carbons (Fsp3) is 0.385. The van der Waals surface area contributed by atoms with Gasteiger partial charge in [-0.2, -0.15) is 5.26 Å². The predicted molar refractivity (Wildman–Crippen MR) is 73.6 cm³/mol. The second-order valence-electron chi connectivity index (χ2n) is 3.68. The minimum atomic E-state index is -0.129. The van der Waals surface area contributed by atoms with Crippen LogP contribution in [0.5, 0.6) is 0 Å². The van der Waals surface area contributed by atoms with Crippen molar-refractivity contribution in [3.63, 3.8) is 0 Å². The third-order valence-electron chi connectivity index (χ3n) is 2.31. The van der Waals surface area contributed by atoms with Gasteiger partial charge in [0.15, 0.2) is 0 Å². The summed E-state index contributed by atoms with van der Waals surface area (Å²) in [5.74, 6) is 0.749.